The third-order valence-corrected chi connectivity index (χ3v) is 12.2. The number of carbonyl (C=O) groups is 1. The number of carbonyl (C=O) groups excluding carboxylic acids is 1. The minimum atomic E-state index is -2.25. The molecule has 432 valence electrons. The molecule has 72 heavy (non-hydrogen) atoms. The molecule has 0 heterocycles. The first-order valence-electron chi connectivity index (χ1n) is 27.0. The van der Waals surface area contributed by atoms with Gasteiger partial charge in [0.1, 0.15) is 11.2 Å². The Morgan fingerprint density at radius 3 is 0.722 bits per heavy atom. The first-order valence-corrected chi connectivity index (χ1v) is 27.0. The van der Waals surface area contributed by atoms with Crippen LogP contribution in [0.4, 0.5) is 0 Å². The van der Waals surface area contributed by atoms with Crippen molar-refractivity contribution in [3.63, 3.8) is 0 Å². The van der Waals surface area contributed by atoms with E-state index in [-0.39, 0.29) is 92.1 Å². The molecular weight excluding hydrogens is 941 g/mol. The Kier molecular flexibility index (Phi) is 48.8. The van der Waals surface area contributed by atoms with Crippen LogP contribution in [0.3, 0.4) is 0 Å². The third-order valence-electron chi connectivity index (χ3n) is 12.2. The molecule has 2 atom stereocenters. The van der Waals surface area contributed by atoms with E-state index in [9.17, 15) is 0 Å². The van der Waals surface area contributed by atoms with Crippen LogP contribution < -0.4 is 0 Å². The van der Waals surface area contributed by atoms with Crippen molar-refractivity contribution in [1.29, 1.82) is 0 Å². The van der Waals surface area contributed by atoms with Gasteiger partial charge in [-0.1, -0.05) is 91.9 Å². The second kappa shape index (κ2) is 49.5. The second-order valence-electron chi connectivity index (χ2n) is 17.3. The number of hydrogen-bond acceptors (Lipinski definition) is 19. The largest absolute Gasteiger partial charge is 0.382 e. The van der Waals surface area contributed by atoms with E-state index in [1.165, 1.54) is 0 Å². The van der Waals surface area contributed by atoms with Crippen molar-refractivity contribution < 1.29 is 90.1 Å². The summed E-state index contributed by atoms with van der Waals surface area (Å²) in [7, 11) is 9.70. The van der Waals surface area contributed by atoms with E-state index in [4.69, 9.17) is 85.3 Å². The van der Waals surface area contributed by atoms with Crippen molar-refractivity contribution in [1.82, 2.24) is 0 Å². The summed E-state index contributed by atoms with van der Waals surface area (Å²) in [6.07, 6.45) is 10.7. The third kappa shape index (κ3) is 28.9. The molecule has 0 bridgehead atoms. The predicted octanol–water partition coefficient (Wildman–Crippen LogP) is 7.04. The van der Waals surface area contributed by atoms with Crippen LogP contribution in [0.5, 0.6) is 0 Å². The normalized spacial score (nSPS) is 14.0. The molecule has 0 aromatic heterocycles. The fourth-order valence-electron chi connectivity index (χ4n) is 8.25. The van der Waals surface area contributed by atoms with Crippen LogP contribution in [0.15, 0.2) is 0 Å². The lowest BCUT2D eigenvalue weighted by Crippen LogP contribution is -2.75. The summed E-state index contributed by atoms with van der Waals surface area (Å²) in [6, 6.07) is 0. The van der Waals surface area contributed by atoms with E-state index in [0.717, 1.165) is 51.4 Å². The Morgan fingerprint density at radius 1 is 0.278 bits per heavy atom. The summed E-state index contributed by atoms with van der Waals surface area (Å²) in [5, 5.41) is 0. The zero-order chi connectivity index (χ0) is 53.2. The van der Waals surface area contributed by atoms with Crippen molar-refractivity contribution in [2.24, 2.45) is 0 Å². The summed E-state index contributed by atoms with van der Waals surface area (Å²) < 4.78 is 111. The van der Waals surface area contributed by atoms with Crippen LogP contribution in [0.2, 0.25) is 0 Å². The number of ether oxygens (including phenoxy) is 18. The second-order valence-corrected chi connectivity index (χ2v) is 17.3. The van der Waals surface area contributed by atoms with E-state index in [2.05, 4.69) is 13.8 Å². The van der Waals surface area contributed by atoms with Crippen LogP contribution in [-0.2, 0) is 90.1 Å². The van der Waals surface area contributed by atoms with Crippen molar-refractivity contribution in [3.05, 3.63) is 0 Å². The molecule has 0 aliphatic rings. The van der Waals surface area contributed by atoms with Gasteiger partial charge in [0.15, 0.2) is 0 Å². The quantitative estimate of drug-likeness (QED) is 0.0446. The molecule has 0 N–H and O–H groups in total. The topological polar surface area (TPSA) is 183 Å². The van der Waals surface area contributed by atoms with Crippen LogP contribution in [0.1, 0.15) is 118 Å². The molecule has 2 unspecified atom stereocenters. The maximum absolute atomic E-state index is 17.4. The van der Waals surface area contributed by atoms with Gasteiger partial charge in [-0.15, -0.1) is 0 Å². The molecule has 0 saturated heterocycles. The van der Waals surface area contributed by atoms with Gasteiger partial charge in [-0.25, -0.2) is 0 Å². The number of methoxy groups -OCH3 is 6. The molecule has 0 fully saturated rings. The lowest BCUT2D eigenvalue weighted by atomic mass is 9.73. The number of rotatable bonds is 60. The van der Waals surface area contributed by atoms with Gasteiger partial charge in [0.25, 0.3) is 17.4 Å². The molecule has 0 aliphatic carbocycles. The average molecular weight is 1050 g/mol. The first kappa shape index (κ1) is 71.0. The van der Waals surface area contributed by atoms with Gasteiger partial charge in [0, 0.05) is 42.7 Å². The highest BCUT2D eigenvalue weighted by atomic mass is 16.8. The monoisotopic (exact) mass is 1050 g/mol. The summed E-state index contributed by atoms with van der Waals surface area (Å²) in [6.45, 7) is 13.3. The highest BCUT2D eigenvalue weighted by Gasteiger charge is 2.71. The van der Waals surface area contributed by atoms with Crippen molar-refractivity contribution in [2.45, 2.75) is 140 Å². The Hall–Kier alpha value is -1.05. The Balaban J connectivity index is 8.74. The Bertz CT molecular complexity index is 1040. The molecule has 0 aromatic rings. The minimum absolute atomic E-state index is 0.0774. The number of unbranched alkanes of at least 4 members (excludes halogenated alkanes) is 8. The van der Waals surface area contributed by atoms with E-state index in [1.807, 2.05) is 13.8 Å². The molecule has 19 heteroatoms. The number of ketones is 1. The summed E-state index contributed by atoms with van der Waals surface area (Å²) in [5.74, 6) is -5.16. The Labute approximate surface area is 436 Å². The average Bonchev–Trinajstić information content (AvgIpc) is 3.39. The van der Waals surface area contributed by atoms with Crippen LogP contribution in [-0.4, -0.2) is 230 Å². The molecule has 0 spiro atoms. The minimum Gasteiger partial charge on any atom is -0.382 e. The van der Waals surface area contributed by atoms with Gasteiger partial charge in [-0.2, -0.15) is 0 Å². The fourth-order valence-corrected chi connectivity index (χ4v) is 8.25. The highest BCUT2D eigenvalue weighted by molar-refractivity contribution is 5.95. The van der Waals surface area contributed by atoms with E-state index in [0.29, 0.717) is 105 Å². The van der Waals surface area contributed by atoms with Crippen molar-refractivity contribution >= 4 is 5.78 Å². The van der Waals surface area contributed by atoms with Gasteiger partial charge >= 0.3 is 0 Å². The van der Waals surface area contributed by atoms with Crippen LogP contribution in [0.25, 0.3) is 0 Å². The molecule has 0 aliphatic heterocycles. The molecule has 19 nitrogen and oxygen atoms in total. The smallest absolute Gasteiger partial charge is 0.265 e. The van der Waals surface area contributed by atoms with Crippen molar-refractivity contribution in [2.75, 3.05) is 201 Å². The highest BCUT2D eigenvalue weighted by Crippen LogP contribution is 2.49. The SMILES string of the molecule is CCCCCCCC(CC)(OCCOCCOC)C(OCCOCCOC)(OCCOCCOC)C(=O)C(OCCOCCOC)(OCCOCCOC)C(CC)(CCCCCCC)OCCOCCOC. The zero-order valence-electron chi connectivity index (χ0n) is 47.1. The molecule has 0 saturated carbocycles. The van der Waals surface area contributed by atoms with E-state index in [1.54, 1.807) is 42.7 Å². The van der Waals surface area contributed by atoms with Gasteiger partial charge < -0.3 is 85.3 Å². The molecular formula is C53H106O19. The standard InChI is InChI=1S/C53H106O19/c1-11-15-17-19-21-23-50(13-3,67-43-37-61-31-25-55-5)52(69-45-39-63-33-27-57-7,70-46-40-64-34-28-58-8)49(54)53(71-47-41-65-35-29-59-9,72-48-42-66-36-30-60-10)51(14-4,24-22-20-18-16-12-2)68-44-38-62-32-26-56-6/h11-48H2,1-10H3. The maximum Gasteiger partial charge on any atom is 0.265 e. The van der Waals surface area contributed by atoms with Crippen LogP contribution >= 0.6 is 0 Å². The summed E-state index contributed by atoms with van der Waals surface area (Å²) in [5.41, 5.74) is -2.93. The number of Topliss-reactive ketones (excluding diaryl/α,β-unsaturated/α-hetero) is 1. The first-order chi connectivity index (χ1) is 35.3. The van der Waals surface area contributed by atoms with Crippen LogP contribution in [0, 0.1) is 0 Å². The molecule has 0 amide bonds. The van der Waals surface area contributed by atoms with E-state index < -0.39 is 28.6 Å². The fraction of sp³-hybridized carbons (Fsp3) is 0.981. The maximum atomic E-state index is 17.4. The molecule has 0 aromatic carbocycles. The summed E-state index contributed by atoms with van der Waals surface area (Å²) in [4.78, 5) is 17.4. The van der Waals surface area contributed by atoms with Gasteiger partial charge in [-0.05, 0) is 25.7 Å². The predicted molar refractivity (Wildman–Crippen MR) is 275 cm³/mol. The lowest BCUT2D eigenvalue weighted by Gasteiger charge is -2.55. The zero-order valence-corrected chi connectivity index (χ0v) is 47.1. The Morgan fingerprint density at radius 2 is 0.500 bits per heavy atom. The summed E-state index contributed by atoms with van der Waals surface area (Å²) >= 11 is 0. The number of hydrogen-bond donors (Lipinski definition) is 0. The van der Waals surface area contributed by atoms with Gasteiger partial charge in [0.05, 0.1) is 159 Å². The molecule has 0 rings (SSSR count). The lowest BCUT2D eigenvalue weighted by molar-refractivity contribution is -0.364. The van der Waals surface area contributed by atoms with E-state index >= 15 is 4.79 Å². The van der Waals surface area contributed by atoms with Gasteiger partial charge in [0.2, 0.25) is 0 Å². The molecule has 0 radical (unpaired) electrons. The van der Waals surface area contributed by atoms with Crippen molar-refractivity contribution in [3.8, 4) is 0 Å². The van der Waals surface area contributed by atoms with Gasteiger partial charge in [-0.3, -0.25) is 4.79 Å².